The van der Waals surface area contributed by atoms with Crippen LogP contribution in [-0.4, -0.2) is 66.9 Å². The minimum Gasteiger partial charge on any atom is -0.341 e. The smallest absolute Gasteiger partial charge is 0.318 e. The molecule has 11 nitrogen and oxygen atoms in total. The molecule has 4 N–H and O–H groups in total. The normalized spacial score (nSPS) is 13.9. The summed E-state index contributed by atoms with van der Waals surface area (Å²) >= 11 is 6.30. The molecule has 0 aliphatic carbocycles. The fraction of sp³-hybridized carbons (Fsp3) is 0.185. The van der Waals surface area contributed by atoms with Crippen LogP contribution in [0.25, 0.3) is 22.5 Å². The highest BCUT2D eigenvalue weighted by molar-refractivity contribution is 7.89. The zero-order valence-corrected chi connectivity index (χ0v) is 23.1. The summed E-state index contributed by atoms with van der Waals surface area (Å²) in [6.07, 6.45) is 3.32. The summed E-state index contributed by atoms with van der Waals surface area (Å²) in [5, 5.41) is 11.6. The van der Waals surface area contributed by atoms with Crippen LogP contribution in [0.3, 0.4) is 0 Å². The first-order chi connectivity index (χ1) is 19.3. The topological polar surface area (TPSA) is 141 Å². The number of piperazine rings is 1. The van der Waals surface area contributed by atoms with Crippen molar-refractivity contribution < 1.29 is 13.2 Å². The van der Waals surface area contributed by atoms with E-state index in [1.54, 1.807) is 49.8 Å². The summed E-state index contributed by atoms with van der Waals surface area (Å²) in [6, 6.07) is 17.3. The van der Waals surface area contributed by atoms with E-state index in [2.05, 4.69) is 36.2 Å². The molecule has 3 heterocycles. The lowest BCUT2D eigenvalue weighted by atomic mass is 10.1. The Morgan fingerprint density at radius 3 is 2.38 bits per heavy atom. The van der Waals surface area contributed by atoms with E-state index >= 15 is 0 Å². The number of hydrogen-bond acceptors (Lipinski definition) is 8. The van der Waals surface area contributed by atoms with Gasteiger partial charge in [0.05, 0.1) is 16.4 Å². The van der Waals surface area contributed by atoms with Crippen molar-refractivity contribution >= 4 is 45.0 Å². The molecule has 40 heavy (non-hydrogen) atoms. The van der Waals surface area contributed by atoms with Crippen LogP contribution >= 0.6 is 11.6 Å². The monoisotopic (exact) mass is 578 g/mol. The van der Waals surface area contributed by atoms with Crippen LogP contribution in [0.1, 0.15) is 0 Å². The standard InChI is InChI=1S/C27H27ClN8O3S/c1-29-27(37)34-20-4-2-18(3-5-20)24-16-19(8-10-31-24)23-9-11-32-26(35-23)33-21-6-7-22(28)25(17-21)40(38,39)36-14-12-30-13-15-36/h2-11,16-17,30H,12-15H2,1H3,(H2,29,34,37)(H,32,33,35). The molecule has 13 heteroatoms. The van der Waals surface area contributed by atoms with Gasteiger partial charge in [0.2, 0.25) is 16.0 Å². The molecule has 2 amide bonds. The van der Waals surface area contributed by atoms with Crippen LogP contribution < -0.4 is 21.3 Å². The lowest BCUT2D eigenvalue weighted by Crippen LogP contribution is -2.46. The maximum atomic E-state index is 13.2. The number of sulfonamides is 1. The van der Waals surface area contributed by atoms with Crippen LogP contribution in [0.4, 0.5) is 22.1 Å². The second-order valence-electron chi connectivity index (χ2n) is 8.90. The first kappa shape index (κ1) is 27.5. The molecule has 0 radical (unpaired) electrons. The van der Waals surface area contributed by atoms with Crippen molar-refractivity contribution in [3.8, 4) is 22.5 Å². The lowest BCUT2D eigenvalue weighted by molar-refractivity contribution is 0.254. The van der Waals surface area contributed by atoms with Crippen molar-refractivity contribution in [1.29, 1.82) is 0 Å². The van der Waals surface area contributed by atoms with Gasteiger partial charge >= 0.3 is 6.03 Å². The van der Waals surface area contributed by atoms with Gasteiger partial charge in [0.15, 0.2) is 0 Å². The zero-order valence-electron chi connectivity index (χ0n) is 21.6. The fourth-order valence-corrected chi connectivity index (χ4v) is 6.12. The van der Waals surface area contributed by atoms with Crippen molar-refractivity contribution in [2.45, 2.75) is 4.90 Å². The third-order valence-corrected chi connectivity index (χ3v) is 8.64. The number of benzene rings is 2. The molecule has 1 saturated heterocycles. The number of aromatic nitrogens is 3. The number of halogens is 1. The molecule has 1 fully saturated rings. The number of anilines is 3. The van der Waals surface area contributed by atoms with Gasteiger partial charge in [-0.2, -0.15) is 4.31 Å². The number of nitrogens with one attached hydrogen (secondary N) is 4. The molecule has 5 rings (SSSR count). The van der Waals surface area contributed by atoms with Crippen LogP contribution in [0.5, 0.6) is 0 Å². The minimum absolute atomic E-state index is 0.0348. The number of carbonyl (C=O) groups is 1. The Morgan fingerprint density at radius 1 is 0.900 bits per heavy atom. The average Bonchev–Trinajstić information content (AvgIpc) is 2.99. The summed E-state index contributed by atoms with van der Waals surface area (Å²) in [7, 11) is -2.20. The summed E-state index contributed by atoms with van der Waals surface area (Å²) in [5.41, 5.74) is 4.24. The van der Waals surface area contributed by atoms with E-state index in [0.717, 1.165) is 16.8 Å². The van der Waals surface area contributed by atoms with E-state index in [0.29, 0.717) is 49.2 Å². The van der Waals surface area contributed by atoms with Gasteiger partial charge in [-0.15, -0.1) is 0 Å². The first-order valence-electron chi connectivity index (χ1n) is 12.5. The second kappa shape index (κ2) is 12.0. The molecule has 1 aliphatic rings. The molecular weight excluding hydrogens is 552 g/mol. The number of amides is 2. The number of rotatable bonds is 7. The van der Waals surface area contributed by atoms with E-state index in [4.69, 9.17) is 11.6 Å². The number of nitrogens with zero attached hydrogens (tertiary/aromatic N) is 4. The van der Waals surface area contributed by atoms with Gasteiger partial charge in [-0.1, -0.05) is 23.7 Å². The minimum atomic E-state index is -3.75. The van der Waals surface area contributed by atoms with Crippen molar-refractivity contribution in [3.63, 3.8) is 0 Å². The van der Waals surface area contributed by atoms with E-state index in [1.807, 2.05) is 24.3 Å². The quantitative estimate of drug-likeness (QED) is 0.258. The SMILES string of the molecule is CNC(=O)Nc1ccc(-c2cc(-c3ccnc(Nc4ccc(Cl)c(S(=O)(=O)N5CCNCC5)c4)n3)ccn2)cc1. The molecule has 4 aromatic rings. The summed E-state index contributed by atoms with van der Waals surface area (Å²) in [5.74, 6) is 0.299. The van der Waals surface area contributed by atoms with Gasteiger partial charge in [-0.3, -0.25) is 4.98 Å². The highest BCUT2D eigenvalue weighted by Gasteiger charge is 2.28. The van der Waals surface area contributed by atoms with Gasteiger partial charge in [0.1, 0.15) is 4.90 Å². The zero-order chi connectivity index (χ0) is 28.1. The highest BCUT2D eigenvalue weighted by atomic mass is 35.5. The molecule has 0 unspecified atom stereocenters. The predicted octanol–water partition coefficient (Wildman–Crippen LogP) is 3.95. The van der Waals surface area contributed by atoms with Gasteiger partial charge in [-0.05, 0) is 48.5 Å². The summed E-state index contributed by atoms with van der Waals surface area (Å²) in [6.45, 7) is 1.94. The largest absolute Gasteiger partial charge is 0.341 e. The summed E-state index contributed by atoms with van der Waals surface area (Å²) < 4.78 is 27.8. The third-order valence-electron chi connectivity index (χ3n) is 6.26. The Balaban J connectivity index is 1.36. The van der Waals surface area contributed by atoms with Crippen LogP contribution in [0.2, 0.25) is 5.02 Å². The second-order valence-corrected chi connectivity index (χ2v) is 11.2. The van der Waals surface area contributed by atoms with E-state index in [1.165, 1.54) is 10.4 Å². The molecule has 1 aliphatic heterocycles. The Kier molecular flexibility index (Phi) is 8.21. The molecule has 0 saturated carbocycles. The van der Waals surface area contributed by atoms with Crippen LogP contribution in [-0.2, 0) is 10.0 Å². The van der Waals surface area contributed by atoms with Crippen molar-refractivity contribution in [3.05, 3.63) is 78.1 Å². The number of hydrogen-bond donors (Lipinski definition) is 4. The fourth-order valence-electron chi connectivity index (χ4n) is 4.18. The van der Waals surface area contributed by atoms with Gasteiger partial charge in [0, 0.05) is 68.1 Å². The van der Waals surface area contributed by atoms with Gasteiger partial charge < -0.3 is 21.3 Å². The molecular formula is C27H27ClN8O3S. The number of urea groups is 1. The Morgan fingerprint density at radius 2 is 1.62 bits per heavy atom. The van der Waals surface area contributed by atoms with Crippen molar-refractivity contribution in [2.75, 3.05) is 43.9 Å². The lowest BCUT2D eigenvalue weighted by Gasteiger charge is -2.27. The maximum Gasteiger partial charge on any atom is 0.318 e. The Hall–Kier alpha value is -4.10. The highest BCUT2D eigenvalue weighted by Crippen LogP contribution is 2.30. The Labute approximate surface area is 237 Å². The van der Waals surface area contributed by atoms with Gasteiger partial charge in [-0.25, -0.2) is 23.2 Å². The summed E-state index contributed by atoms with van der Waals surface area (Å²) in [4.78, 5) is 25.0. The number of carbonyl (C=O) groups excluding carboxylic acids is 1. The van der Waals surface area contributed by atoms with E-state index in [-0.39, 0.29) is 15.9 Å². The Bertz CT molecular complexity index is 1630. The average molecular weight is 579 g/mol. The van der Waals surface area contributed by atoms with Crippen LogP contribution in [0.15, 0.2) is 78.0 Å². The van der Waals surface area contributed by atoms with Crippen molar-refractivity contribution in [1.82, 2.24) is 29.9 Å². The van der Waals surface area contributed by atoms with Crippen molar-refractivity contribution in [2.24, 2.45) is 0 Å². The third kappa shape index (κ3) is 6.20. The van der Waals surface area contributed by atoms with Crippen LogP contribution in [0, 0.1) is 0 Å². The van der Waals surface area contributed by atoms with E-state index < -0.39 is 10.0 Å². The number of pyridine rings is 1. The van der Waals surface area contributed by atoms with E-state index in [9.17, 15) is 13.2 Å². The maximum absolute atomic E-state index is 13.2. The molecule has 0 atom stereocenters. The molecule has 0 spiro atoms. The van der Waals surface area contributed by atoms with Gasteiger partial charge in [0.25, 0.3) is 0 Å². The first-order valence-corrected chi connectivity index (χ1v) is 14.3. The molecule has 2 aromatic carbocycles. The molecule has 0 bridgehead atoms. The molecule has 2 aromatic heterocycles. The molecule has 206 valence electrons. The predicted molar refractivity (Wildman–Crippen MR) is 155 cm³/mol.